The van der Waals surface area contributed by atoms with Crippen molar-refractivity contribution in [3.8, 4) is 5.75 Å². The van der Waals surface area contributed by atoms with E-state index in [0.29, 0.717) is 25.9 Å². The largest absolute Gasteiger partial charge is 0.497 e. The minimum Gasteiger partial charge on any atom is -0.497 e. The van der Waals surface area contributed by atoms with Gasteiger partial charge in [0.05, 0.1) is 37.7 Å². The lowest BCUT2D eigenvalue weighted by atomic mass is 9.99. The minimum absolute atomic E-state index is 0.0127. The van der Waals surface area contributed by atoms with Crippen LogP contribution in [-0.4, -0.2) is 75.0 Å². The lowest BCUT2D eigenvalue weighted by Gasteiger charge is -2.31. The Morgan fingerprint density at radius 1 is 1.10 bits per heavy atom. The SMILES string of the molecule is CCCCCS(=O)(=O)N(C)[C@H]1CC=CCO[C@@H]2C[C@H](NC[C@@H](O)[C@H](Cc3ccccc3)NC1=O)c1cc(OC)ccc12. The molecule has 2 aromatic carbocycles. The third-order valence-corrected chi connectivity index (χ3v) is 10.2. The highest BCUT2D eigenvalue weighted by Crippen LogP contribution is 2.42. The van der Waals surface area contributed by atoms with E-state index in [1.165, 1.54) is 11.4 Å². The summed E-state index contributed by atoms with van der Waals surface area (Å²) in [5, 5.41) is 17.9. The number of sulfonamides is 1. The first-order valence-corrected chi connectivity index (χ1v) is 16.5. The van der Waals surface area contributed by atoms with Crippen LogP contribution >= 0.6 is 0 Å². The van der Waals surface area contributed by atoms with Gasteiger partial charge in [-0.2, -0.15) is 4.31 Å². The standard InChI is InChI=1S/C32H45N3O6S/c1-4-5-11-18-42(38,39)35(2)29-14-9-10-17-41-31-21-27(26-20-24(40-3)15-16-25(26)31)33-22-30(36)28(34-32(29)37)19-23-12-7-6-8-13-23/h6-10,12-13,15-16,20,27-31,33,36H,4-5,11,14,17-19,21-22H2,1-3H3,(H,34,37)/t27-,28-,29-,30+,31+/m0/s1. The zero-order chi connectivity index (χ0) is 30.1. The number of methoxy groups -OCH3 is 1. The van der Waals surface area contributed by atoms with E-state index in [4.69, 9.17) is 9.47 Å². The van der Waals surface area contributed by atoms with Crippen LogP contribution in [0.15, 0.2) is 60.7 Å². The molecular weight excluding hydrogens is 554 g/mol. The molecule has 1 amide bonds. The molecule has 2 aromatic rings. The van der Waals surface area contributed by atoms with Crippen molar-refractivity contribution in [3.05, 3.63) is 77.4 Å². The molecule has 1 aliphatic carbocycles. The Balaban J connectivity index is 1.63. The summed E-state index contributed by atoms with van der Waals surface area (Å²) >= 11 is 0. The number of unbranched alkanes of at least 4 members (excludes halogenated alkanes) is 2. The molecule has 5 atom stereocenters. The van der Waals surface area contributed by atoms with Crippen LogP contribution in [0.25, 0.3) is 0 Å². The number of amides is 1. The zero-order valence-electron chi connectivity index (χ0n) is 24.9. The molecule has 230 valence electrons. The molecule has 4 rings (SSSR count). The smallest absolute Gasteiger partial charge is 0.239 e. The molecule has 0 fully saturated rings. The number of ether oxygens (including phenoxy) is 2. The Hall–Kier alpha value is -2.76. The van der Waals surface area contributed by atoms with Crippen molar-refractivity contribution in [2.75, 3.05) is 33.1 Å². The fourth-order valence-electron chi connectivity index (χ4n) is 5.69. The Labute approximate surface area is 250 Å². The van der Waals surface area contributed by atoms with E-state index in [9.17, 15) is 18.3 Å². The lowest BCUT2D eigenvalue weighted by molar-refractivity contribution is -0.126. The van der Waals surface area contributed by atoms with Gasteiger partial charge >= 0.3 is 0 Å². The number of carbonyl (C=O) groups is 1. The summed E-state index contributed by atoms with van der Waals surface area (Å²) in [6.07, 6.45) is 6.10. The monoisotopic (exact) mass is 599 g/mol. The van der Waals surface area contributed by atoms with Gasteiger partial charge in [-0.25, -0.2) is 8.42 Å². The maximum atomic E-state index is 13.8. The zero-order valence-corrected chi connectivity index (χ0v) is 25.7. The molecule has 3 N–H and O–H groups in total. The second-order valence-corrected chi connectivity index (χ2v) is 13.3. The Kier molecular flexibility index (Phi) is 11.6. The summed E-state index contributed by atoms with van der Waals surface area (Å²) in [7, 11) is -0.556. The first kappa shape index (κ1) is 32.2. The molecule has 0 aromatic heterocycles. The van der Waals surface area contributed by atoms with E-state index in [-0.39, 0.29) is 30.9 Å². The molecular formula is C32H45N3O6S. The van der Waals surface area contributed by atoms with Crippen LogP contribution in [0.1, 0.15) is 67.9 Å². The van der Waals surface area contributed by atoms with Gasteiger partial charge in [-0.1, -0.05) is 68.3 Å². The number of hydrogen-bond donors (Lipinski definition) is 3. The van der Waals surface area contributed by atoms with E-state index in [1.54, 1.807) is 7.11 Å². The average Bonchev–Trinajstić information content (AvgIpc) is 3.33. The normalized spacial score (nSPS) is 25.4. The van der Waals surface area contributed by atoms with Gasteiger partial charge < -0.3 is 25.2 Å². The minimum atomic E-state index is -3.66. The maximum absolute atomic E-state index is 13.8. The van der Waals surface area contributed by atoms with Crippen LogP contribution in [-0.2, 0) is 26.0 Å². The Bertz CT molecular complexity index is 1300. The van der Waals surface area contributed by atoms with Gasteiger partial charge in [0.2, 0.25) is 15.9 Å². The second kappa shape index (κ2) is 15.1. The summed E-state index contributed by atoms with van der Waals surface area (Å²) in [5.74, 6) is 0.306. The van der Waals surface area contributed by atoms with Gasteiger partial charge in [0.15, 0.2) is 0 Å². The molecule has 0 saturated carbocycles. The van der Waals surface area contributed by atoms with E-state index >= 15 is 0 Å². The van der Waals surface area contributed by atoms with Crippen LogP contribution in [0.3, 0.4) is 0 Å². The number of nitrogens with one attached hydrogen (secondary N) is 2. The van der Waals surface area contributed by atoms with E-state index in [2.05, 4.69) is 10.6 Å². The number of likely N-dealkylation sites (N-methyl/N-ethyl adjacent to an activating group) is 1. The molecule has 0 unspecified atom stereocenters. The van der Waals surface area contributed by atoms with Crippen molar-refractivity contribution in [1.29, 1.82) is 0 Å². The van der Waals surface area contributed by atoms with Gasteiger partial charge in [-0.15, -0.1) is 0 Å². The predicted molar refractivity (Wildman–Crippen MR) is 164 cm³/mol. The number of aliphatic hydroxyl groups is 1. The van der Waals surface area contributed by atoms with Crippen LogP contribution in [0.2, 0.25) is 0 Å². The van der Waals surface area contributed by atoms with Crippen molar-refractivity contribution in [2.24, 2.45) is 0 Å². The number of fused-ring (bicyclic) bond motifs is 5. The molecule has 10 heteroatoms. The van der Waals surface area contributed by atoms with E-state index in [0.717, 1.165) is 35.3 Å². The number of hydrogen-bond acceptors (Lipinski definition) is 7. The summed E-state index contributed by atoms with van der Waals surface area (Å²) in [4.78, 5) is 13.8. The van der Waals surface area contributed by atoms with E-state index in [1.807, 2.05) is 67.6 Å². The molecule has 0 saturated heterocycles. The highest BCUT2D eigenvalue weighted by molar-refractivity contribution is 7.89. The van der Waals surface area contributed by atoms with Crippen molar-refractivity contribution in [2.45, 2.75) is 75.8 Å². The van der Waals surface area contributed by atoms with Gasteiger partial charge in [0.25, 0.3) is 0 Å². The molecule has 1 aliphatic heterocycles. The first-order valence-electron chi connectivity index (χ1n) is 14.9. The van der Waals surface area contributed by atoms with Gasteiger partial charge in [0, 0.05) is 19.6 Å². The predicted octanol–water partition coefficient (Wildman–Crippen LogP) is 3.66. The van der Waals surface area contributed by atoms with Crippen LogP contribution < -0.4 is 15.4 Å². The van der Waals surface area contributed by atoms with Gasteiger partial charge in [-0.3, -0.25) is 4.79 Å². The van der Waals surface area contributed by atoms with Crippen molar-refractivity contribution < 1.29 is 27.8 Å². The summed E-state index contributed by atoms with van der Waals surface area (Å²) < 4.78 is 39.3. The highest BCUT2D eigenvalue weighted by atomic mass is 32.2. The fraction of sp³-hybridized carbons (Fsp3) is 0.531. The summed E-state index contributed by atoms with van der Waals surface area (Å²) in [5.41, 5.74) is 3.11. The Morgan fingerprint density at radius 3 is 2.62 bits per heavy atom. The fourth-order valence-corrected chi connectivity index (χ4v) is 7.11. The van der Waals surface area contributed by atoms with E-state index < -0.39 is 34.1 Å². The lowest BCUT2D eigenvalue weighted by Crippen LogP contribution is -2.55. The molecule has 2 aliphatic rings. The average molecular weight is 600 g/mol. The molecule has 0 spiro atoms. The number of carbonyl (C=O) groups excluding carboxylic acids is 1. The number of benzene rings is 2. The topological polar surface area (TPSA) is 117 Å². The summed E-state index contributed by atoms with van der Waals surface area (Å²) in [6.45, 7) is 2.56. The highest BCUT2D eigenvalue weighted by Gasteiger charge is 2.35. The van der Waals surface area contributed by atoms with Gasteiger partial charge in [-0.05, 0) is 54.5 Å². The summed E-state index contributed by atoms with van der Waals surface area (Å²) in [6, 6.07) is 14.0. The second-order valence-electron chi connectivity index (χ2n) is 11.1. The number of rotatable bonds is 9. The number of aliphatic hydroxyl groups excluding tert-OH is 1. The molecule has 0 radical (unpaired) electrons. The number of β-amino-alcohol motifs (C(OH)–C–C–N with tert-alkyl or cyclic N) is 1. The maximum Gasteiger partial charge on any atom is 0.239 e. The van der Waals surface area contributed by atoms with Crippen LogP contribution in [0, 0.1) is 0 Å². The van der Waals surface area contributed by atoms with Crippen molar-refractivity contribution in [3.63, 3.8) is 0 Å². The molecule has 2 bridgehead atoms. The van der Waals surface area contributed by atoms with Crippen molar-refractivity contribution in [1.82, 2.24) is 14.9 Å². The quantitative estimate of drug-likeness (QED) is 0.298. The number of nitrogens with zero attached hydrogens (tertiary/aromatic N) is 1. The molecule has 1 heterocycles. The molecule has 9 nitrogen and oxygen atoms in total. The Morgan fingerprint density at radius 2 is 1.88 bits per heavy atom. The molecule has 42 heavy (non-hydrogen) atoms. The van der Waals surface area contributed by atoms with Crippen LogP contribution in [0.4, 0.5) is 0 Å². The third-order valence-electron chi connectivity index (χ3n) is 8.24. The van der Waals surface area contributed by atoms with Crippen molar-refractivity contribution >= 4 is 15.9 Å². The first-order chi connectivity index (χ1) is 20.2. The third kappa shape index (κ3) is 8.20. The van der Waals surface area contributed by atoms with Gasteiger partial charge in [0.1, 0.15) is 11.8 Å². The van der Waals surface area contributed by atoms with Crippen LogP contribution in [0.5, 0.6) is 5.75 Å².